The smallest absolute Gasteiger partial charge is 0.224 e. The van der Waals surface area contributed by atoms with Gasteiger partial charge in [-0.05, 0) is 35.7 Å². The van der Waals surface area contributed by atoms with Crippen LogP contribution in [-0.4, -0.2) is 24.5 Å². The molecule has 24 heavy (non-hydrogen) atoms. The van der Waals surface area contributed by atoms with Gasteiger partial charge in [0.25, 0.3) is 0 Å². The minimum absolute atomic E-state index is 0.126. The molecule has 0 fully saturated rings. The van der Waals surface area contributed by atoms with Crippen molar-refractivity contribution in [3.05, 3.63) is 65.6 Å². The molecule has 3 aromatic rings. The Morgan fingerprint density at radius 1 is 1.25 bits per heavy atom. The first kappa shape index (κ1) is 16.1. The van der Waals surface area contributed by atoms with Crippen molar-refractivity contribution in [2.45, 2.75) is 12.8 Å². The molecule has 3 rings (SSSR count). The molecule has 1 heterocycles. The van der Waals surface area contributed by atoms with Crippen LogP contribution in [0.2, 0.25) is 0 Å². The van der Waals surface area contributed by atoms with Gasteiger partial charge in [0.05, 0.1) is 13.5 Å². The molecule has 2 N–H and O–H groups in total. The topological polar surface area (TPSA) is 54.1 Å². The number of para-hydroxylation sites is 1. The van der Waals surface area contributed by atoms with Gasteiger partial charge in [-0.1, -0.05) is 24.3 Å². The highest BCUT2D eigenvalue weighted by Crippen LogP contribution is 2.19. The molecule has 0 spiro atoms. The molecule has 4 nitrogen and oxygen atoms in total. The van der Waals surface area contributed by atoms with Crippen molar-refractivity contribution in [2.75, 3.05) is 13.7 Å². The number of rotatable bonds is 6. The summed E-state index contributed by atoms with van der Waals surface area (Å²) in [6.45, 7) is 0.541. The van der Waals surface area contributed by atoms with Crippen LogP contribution in [0.25, 0.3) is 10.9 Å². The van der Waals surface area contributed by atoms with Crippen LogP contribution in [0, 0.1) is 5.82 Å². The number of methoxy groups -OCH3 is 1. The molecule has 0 saturated carbocycles. The van der Waals surface area contributed by atoms with Crippen molar-refractivity contribution in [1.82, 2.24) is 10.3 Å². The predicted octanol–water partition coefficient (Wildman–Crippen LogP) is 3.22. The molecule has 2 aromatic carbocycles. The highest BCUT2D eigenvalue weighted by Gasteiger charge is 2.08. The molecule has 0 saturated heterocycles. The Kier molecular flexibility index (Phi) is 4.79. The Bertz CT molecular complexity index is 857. The molecule has 5 heteroatoms. The van der Waals surface area contributed by atoms with Crippen LogP contribution >= 0.6 is 0 Å². The fourth-order valence-electron chi connectivity index (χ4n) is 2.74. The third kappa shape index (κ3) is 3.56. The molecule has 1 amide bonds. The zero-order chi connectivity index (χ0) is 16.9. The molecule has 0 aliphatic rings. The first-order valence-corrected chi connectivity index (χ1v) is 7.81. The van der Waals surface area contributed by atoms with Crippen LogP contribution in [0.3, 0.4) is 0 Å². The van der Waals surface area contributed by atoms with Gasteiger partial charge in [-0.15, -0.1) is 0 Å². The number of aromatic amines is 1. The summed E-state index contributed by atoms with van der Waals surface area (Å²) in [7, 11) is 1.41. The summed E-state index contributed by atoms with van der Waals surface area (Å²) in [4.78, 5) is 15.2. The lowest BCUT2D eigenvalue weighted by molar-refractivity contribution is -0.120. The number of aromatic nitrogens is 1. The molecule has 1 aromatic heterocycles. The normalized spacial score (nSPS) is 10.8. The van der Waals surface area contributed by atoms with E-state index in [-0.39, 0.29) is 18.1 Å². The van der Waals surface area contributed by atoms with E-state index < -0.39 is 5.82 Å². The summed E-state index contributed by atoms with van der Waals surface area (Å²) in [5, 5.41) is 4.05. The molecule has 0 radical (unpaired) electrons. The zero-order valence-corrected chi connectivity index (χ0v) is 13.4. The number of H-pyrrole nitrogens is 1. The standard InChI is InChI=1S/C19H19FN2O2/c1-24-18-7-6-13(10-16(18)20)11-19(23)21-9-8-14-12-22-17-5-3-2-4-15(14)17/h2-7,10,12,22H,8-9,11H2,1H3,(H,21,23). The summed E-state index contributed by atoms with van der Waals surface area (Å²) < 4.78 is 18.5. The fourth-order valence-corrected chi connectivity index (χ4v) is 2.74. The number of hydrogen-bond acceptors (Lipinski definition) is 2. The summed E-state index contributed by atoms with van der Waals surface area (Å²) >= 11 is 0. The minimum atomic E-state index is -0.457. The van der Waals surface area contributed by atoms with Crippen molar-refractivity contribution < 1.29 is 13.9 Å². The molecule has 0 atom stereocenters. The van der Waals surface area contributed by atoms with Gasteiger partial charge < -0.3 is 15.0 Å². The summed E-state index contributed by atoms with van der Waals surface area (Å²) in [6, 6.07) is 12.6. The lowest BCUT2D eigenvalue weighted by Gasteiger charge is -2.07. The SMILES string of the molecule is COc1ccc(CC(=O)NCCc2c[nH]c3ccccc23)cc1F. The molecule has 0 bridgehead atoms. The van der Waals surface area contributed by atoms with E-state index in [2.05, 4.69) is 16.4 Å². The van der Waals surface area contributed by atoms with Crippen LogP contribution in [0.1, 0.15) is 11.1 Å². The van der Waals surface area contributed by atoms with Crippen LogP contribution < -0.4 is 10.1 Å². The van der Waals surface area contributed by atoms with Gasteiger partial charge in [-0.25, -0.2) is 4.39 Å². The van der Waals surface area contributed by atoms with Crippen LogP contribution in [0.5, 0.6) is 5.75 Å². The lowest BCUT2D eigenvalue weighted by atomic mass is 10.1. The number of carbonyl (C=O) groups excluding carboxylic acids is 1. The first-order chi connectivity index (χ1) is 11.7. The molecule has 0 unspecified atom stereocenters. The zero-order valence-electron chi connectivity index (χ0n) is 13.4. The Balaban J connectivity index is 1.53. The van der Waals surface area contributed by atoms with Gasteiger partial charge in [0, 0.05) is 23.6 Å². The highest BCUT2D eigenvalue weighted by molar-refractivity contribution is 5.83. The van der Waals surface area contributed by atoms with Gasteiger partial charge in [-0.2, -0.15) is 0 Å². The third-order valence-corrected chi connectivity index (χ3v) is 3.97. The number of hydrogen-bond donors (Lipinski definition) is 2. The van der Waals surface area contributed by atoms with Crippen LogP contribution in [0.15, 0.2) is 48.7 Å². The van der Waals surface area contributed by atoms with Gasteiger partial charge in [0.1, 0.15) is 0 Å². The number of ether oxygens (including phenoxy) is 1. The number of carbonyl (C=O) groups is 1. The molecule has 124 valence electrons. The maximum atomic E-state index is 13.6. The third-order valence-electron chi connectivity index (χ3n) is 3.97. The Morgan fingerprint density at radius 2 is 2.08 bits per heavy atom. The van der Waals surface area contributed by atoms with E-state index in [0.29, 0.717) is 12.1 Å². The van der Waals surface area contributed by atoms with E-state index in [9.17, 15) is 9.18 Å². The first-order valence-electron chi connectivity index (χ1n) is 7.81. The Morgan fingerprint density at radius 3 is 2.88 bits per heavy atom. The van der Waals surface area contributed by atoms with Crippen molar-refractivity contribution in [3.63, 3.8) is 0 Å². The van der Waals surface area contributed by atoms with Gasteiger partial charge in [0.15, 0.2) is 11.6 Å². The molecular formula is C19H19FN2O2. The fraction of sp³-hybridized carbons (Fsp3) is 0.211. The van der Waals surface area contributed by atoms with Gasteiger partial charge in [0.2, 0.25) is 5.91 Å². The lowest BCUT2D eigenvalue weighted by Crippen LogP contribution is -2.27. The van der Waals surface area contributed by atoms with Gasteiger partial charge >= 0.3 is 0 Å². The summed E-state index contributed by atoms with van der Waals surface area (Å²) in [6.07, 6.45) is 2.86. The van der Waals surface area contributed by atoms with Crippen molar-refractivity contribution in [3.8, 4) is 5.75 Å². The highest BCUT2D eigenvalue weighted by atomic mass is 19.1. The van der Waals surface area contributed by atoms with Crippen LogP contribution in [0.4, 0.5) is 4.39 Å². The van der Waals surface area contributed by atoms with E-state index in [1.165, 1.54) is 30.2 Å². The number of nitrogens with one attached hydrogen (secondary N) is 2. The second-order valence-electron chi connectivity index (χ2n) is 5.61. The second kappa shape index (κ2) is 7.17. The molecule has 0 aliphatic heterocycles. The van der Waals surface area contributed by atoms with Gasteiger partial charge in [-0.3, -0.25) is 4.79 Å². The minimum Gasteiger partial charge on any atom is -0.494 e. The van der Waals surface area contributed by atoms with Crippen molar-refractivity contribution in [2.24, 2.45) is 0 Å². The van der Waals surface area contributed by atoms with E-state index in [4.69, 9.17) is 4.74 Å². The largest absolute Gasteiger partial charge is 0.494 e. The Labute approximate surface area is 139 Å². The summed E-state index contributed by atoms with van der Waals surface area (Å²) in [5.74, 6) is -0.403. The van der Waals surface area contributed by atoms with E-state index in [1.54, 1.807) is 6.07 Å². The van der Waals surface area contributed by atoms with E-state index in [1.807, 2.05) is 24.4 Å². The van der Waals surface area contributed by atoms with E-state index in [0.717, 1.165) is 11.9 Å². The summed E-state index contributed by atoms with van der Waals surface area (Å²) in [5.41, 5.74) is 2.88. The van der Waals surface area contributed by atoms with Crippen LogP contribution in [-0.2, 0) is 17.6 Å². The maximum absolute atomic E-state index is 13.6. The van der Waals surface area contributed by atoms with E-state index >= 15 is 0 Å². The predicted molar refractivity (Wildman–Crippen MR) is 91.7 cm³/mol. The van der Waals surface area contributed by atoms with Crippen molar-refractivity contribution in [1.29, 1.82) is 0 Å². The van der Waals surface area contributed by atoms with Crippen molar-refractivity contribution >= 4 is 16.8 Å². The Hall–Kier alpha value is -2.82. The molecular weight excluding hydrogens is 307 g/mol. The number of benzene rings is 2. The number of amides is 1. The molecule has 0 aliphatic carbocycles. The maximum Gasteiger partial charge on any atom is 0.224 e. The monoisotopic (exact) mass is 326 g/mol. The second-order valence-corrected chi connectivity index (χ2v) is 5.61. The average molecular weight is 326 g/mol. The average Bonchev–Trinajstić information content (AvgIpc) is 2.98. The number of fused-ring (bicyclic) bond motifs is 1. The number of halogens is 1. The quantitative estimate of drug-likeness (QED) is 0.731.